The quantitative estimate of drug-likeness (QED) is 0.744. The number of hydrogen-bond donors (Lipinski definition) is 2. The van der Waals surface area contributed by atoms with Gasteiger partial charge in [-0.25, -0.2) is 4.39 Å². The van der Waals surface area contributed by atoms with Crippen LogP contribution in [0, 0.1) is 12.7 Å². The highest BCUT2D eigenvalue weighted by molar-refractivity contribution is 7.99. The van der Waals surface area contributed by atoms with E-state index in [2.05, 4.69) is 5.32 Å². The van der Waals surface area contributed by atoms with Gasteiger partial charge in [0.25, 0.3) is 0 Å². The highest BCUT2D eigenvalue weighted by Gasteiger charge is 2.03. The standard InChI is InChI=1S/C13H18FNO2S/c1-10-3-4-11(7-12(10)14)8-15-13(17)9-18-6-2-5-16/h3-4,7,16H,2,5-6,8-9H2,1H3,(H,15,17). The summed E-state index contributed by atoms with van der Waals surface area (Å²) in [5, 5.41) is 11.3. The number of thioether (sulfide) groups is 1. The summed E-state index contributed by atoms with van der Waals surface area (Å²) in [6.45, 7) is 2.20. The Morgan fingerprint density at radius 1 is 1.50 bits per heavy atom. The minimum Gasteiger partial charge on any atom is -0.396 e. The average Bonchev–Trinajstić information content (AvgIpc) is 2.36. The Morgan fingerprint density at radius 3 is 2.94 bits per heavy atom. The van der Waals surface area contributed by atoms with E-state index < -0.39 is 0 Å². The Bertz CT molecular complexity index is 399. The van der Waals surface area contributed by atoms with Gasteiger partial charge in [-0.2, -0.15) is 11.8 Å². The number of amides is 1. The van der Waals surface area contributed by atoms with E-state index in [1.54, 1.807) is 19.1 Å². The molecule has 0 unspecified atom stereocenters. The maximum atomic E-state index is 13.3. The van der Waals surface area contributed by atoms with Crippen molar-refractivity contribution in [3.05, 3.63) is 35.1 Å². The highest BCUT2D eigenvalue weighted by Crippen LogP contribution is 2.09. The molecule has 1 amide bonds. The van der Waals surface area contributed by atoms with Crippen molar-refractivity contribution in [1.29, 1.82) is 0 Å². The normalized spacial score (nSPS) is 10.4. The summed E-state index contributed by atoms with van der Waals surface area (Å²) in [5.74, 6) is 0.815. The van der Waals surface area contributed by atoms with Crippen LogP contribution >= 0.6 is 11.8 Å². The number of aryl methyl sites for hydroxylation is 1. The van der Waals surface area contributed by atoms with Crippen molar-refractivity contribution in [2.75, 3.05) is 18.1 Å². The molecule has 1 aromatic carbocycles. The molecule has 0 fully saturated rings. The van der Waals surface area contributed by atoms with E-state index in [0.717, 1.165) is 11.3 Å². The van der Waals surface area contributed by atoms with Crippen molar-refractivity contribution < 1.29 is 14.3 Å². The minimum absolute atomic E-state index is 0.0704. The number of hydrogen-bond acceptors (Lipinski definition) is 3. The second-order valence-electron chi connectivity index (χ2n) is 3.99. The van der Waals surface area contributed by atoms with Crippen LogP contribution in [-0.2, 0) is 11.3 Å². The number of carbonyl (C=O) groups excluding carboxylic acids is 1. The van der Waals surface area contributed by atoms with Crippen molar-refractivity contribution in [1.82, 2.24) is 5.32 Å². The fourth-order valence-electron chi connectivity index (χ4n) is 1.33. The van der Waals surface area contributed by atoms with E-state index in [4.69, 9.17) is 5.11 Å². The van der Waals surface area contributed by atoms with E-state index in [9.17, 15) is 9.18 Å². The summed E-state index contributed by atoms with van der Waals surface area (Å²) in [6, 6.07) is 4.94. The monoisotopic (exact) mass is 271 g/mol. The first-order valence-electron chi connectivity index (χ1n) is 5.84. The van der Waals surface area contributed by atoms with Gasteiger partial charge in [-0.05, 0) is 36.3 Å². The molecule has 0 aromatic heterocycles. The zero-order valence-electron chi connectivity index (χ0n) is 10.4. The van der Waals surface area contributed by atoms with Gasteiger partial charge < -0.3 is 10.4 Å². The van der Waals surface area contributed by atoms with Gasteiger partial charge in [0.1, 0.15) is 5.82 Å². The van der Waals surface area contributed by atoms with Gasteiger partial charge in [-0.1, -0.05) is 12.1 Å². The first-order chi connectivity index (χ1) is 8.63. The largest absolute Gasteiger partial charge is 0.396 e. The van der Waals surface area contributed by atoms with Crippen molar-refractivity contribution in [3.8, 4) is 0 Å². The summed E-state index contributed by atoms with van der Waals surface area (Å²) in [7, 11) is 0. The maximum Gasteiger partial charge on any atom is 0.230 e. The van der Waals surface area contributed by atoms with E-state index in [-0.39, 0.29) is 18.3 Å². The van der Waals surface area contributed by atoms with Crippen LogP contribution in [0.15, 0.2) is 18.2 Å². The van der Waals surface area contributed by atoms with Gasteiger partial charge in [-0.3, -0.25) is 4.79 Å². The zero-order valence-corrected chi connectivity index (χ0v) is 11.2. The number of benzene rings is 1. The predicted octanol–water partition coefficient (Wildman–Crippen LogP) is 1.87. The third-order valence-electron chi connectivity index (χ3n) is 2.41. The van der Waals surface area contributed by atoms with Gasteiger partial charge in [0.2, 0.25) is 5.91 Å². The fraction of sp³-hybridized carbons (Fsp3) is 0.462. The van der Waals surface area contributed by atoms with Crippen molar-refractivity contribution >= 4 is 17.7 Å². The van der Waals surface area contributed by atoms with Crippen LogP contribution in [0.1, 0.15) is 17.5 Å². The molecule has 5 heteroatoms. The summed E-state index contributed by atoms with van der Waals surface area (Å²) in [5.41, 5.74) is 1.36. The molecule has 1 aromatic rings. The first-order valence-corrected chi connectivity index (χ1v) is 6.99. The van der Waals surface area contributed by atoms with Crippen LogP contribution in [0.4, 0.5) is 4.39 Å². The number of halogens is 1. The molecule has 0 aliphatic heterocycles. The van der Waals surface area contributed by atoms with Crippen LogP contribution in [0.25, 0.3) is 0 Å². The SMILES string of the molecule is Cc1ccc(CNC(=O)CSCCCO)cc1F. The van der Waals surface area contributed by atoms with E-state index in [1.807, 2.05) is 0 Å². The molecule has 0 bridgehead atoms. The van der Waals surface area contributed by atoms with Gasteiger partial charge >= 0.3 is 0 Å². The molecule has 18 heavy (non-hydrogen) atoms. The van der Waals surface area contributed by atoms with Crippen molar-refractivity contribution in [2.24, 2.45) is 0 Å². The molecule has 1 rings (SSSR count). The lowest BCUT2D eigenvalue weighted by molar-refractivity contribution is -0.118. The molecule has 0 heterocycles. The number of nitrogens with one attached hydrogen (secondary N) is 1. The lowest BCUT2D eigenvalue weighted by Gasteiger charge is -2.06. The fourth-order valence-corrected chi connectivity index (χ4v) is 2.09. The van der Waals surface area contributed by atoms with Crippen LogP contribution in [0.3, 0.4) is 0 Å². The Balaban J connectivity index is 2.27. The Hall–Kier alpha value is -1.07. The summed E-state index contributed by atoms with van der Waals surface area (Å²) in [4.78, 5) is 11.4. The van der Waals surface area contributed by atoms with Crippen LogP contribution in [-0.4, -0.2) is 29.1 Å². The smallest absolute Gasteiger partial charge is 0.230 e. The predicted molar refractivity (Wildman–Crippen MR) is 72.0 cm³/mol. The lowest BCUT2D eigenvalue weighted by atomic mass is 10.1. The second kappa shape index (κ2) is 8.11. The Kier molecular flexibility index (Phi) is 6.75. The molecule has 2 N–H and O–H groups in total. The second-order valence-corrected chi connectivity index (χ2v) is 5.10. The third kappa shape index (κ3) is 5.51. The molecular formula is C13H18FNO2S. The summed E-state index contributed by atoms with van der Waals surface area (Å²) < 4.78 is 13.3. The van der Waals surface area contributed by atoms with Crippen LogP contribution in [0.5, 0.6) is 0 Å². The molecule has 0 saturated carbocycles. The molecule has 3 nitrogen and oxygen atoms in total. The molecule has 0 saturated heterocycles. The molecule has 0 atom stereocenters. The van der Waals surface area contributed by atoms with E-state index in [0.29, 0.717) is 24.3 Å². The van der Waals surface area contributed by atoms with Gasteiger partial charge in [0.05, 0.1) is 5.75 Å². The number of aliphatic hydroxyl groups is 1. The van der Waals surface area contributed by atoms with Crippen LogP contribution in [0.2, 0.25) is 0 Å². The zero-order chi connectivity index (χ0) is 13.4. The molecule has 0 radical (unpaired) electrons. The van der Waals surface area contributed by atoms with E-state index in [1.165, 1.54) is 17.8 Å². The summed E-state index contributed by atoms with van der Waals surface area (Å²) in [6.07, 6.45) is 0.696. The molecule has 0 spiro atoms. The van der Waals surface area contributed by atoms with Gasteiger partial charge in [-0.15, -0.1) is 0 Å². The van der Waals surface area contributed by atoms with Gasteiger partial charge in [0.15, 0.2) is 0 Å². The number of carbonyl (C=O) groups is 1. The summed E-state index contributed by atoms with van der Waals surface area (Å²) >= 11 is 1.48. The molecule has 0 aliphatic rings. The highest BCUT2D eigenvalue weighted by atomic mass is 32.2. The maximum absolute atomic E-state index is 13.3. The molecule has 0 aliphatic carbocycles. The third-order valence-corrected chi connectivity index (χ3v) is 3.45. The Labute approximate surface area is 111 Å². The molecule has 100 valence electrons. The van der Waals surface area contributed by atoms with Crippen molar-refractivity contribution in [3.63, 3.8) is 0 Å². The topological polar surface area (TPSA) is 49.3 Å². The average molecular weight is 271 g/mol. The Morgan fingerprint density at radius 2 is 2.28 bits per heavy atom. The van der Waals surface area contributed by atoms with Crippen LogP contribution < -0.4 is 5.32 Å². The number of aliphatic hydroxyl groups excluding tert-OH is 1. The first kappa shape index (κ1) is 15.0. The van der Waals surface area contributed by atoms with E-state index >= 15 is 0 Å². The number of rotatable bonds is 7. The minimum atomic E-state index is -0.251. The van der Waals surface area contributed by atoms with Gasteiger partial charge in [0, 0.05) is 13.2 Å². The molecular weight excluding hydrogens is 253 g/mol. The van der Waals surface area contributed by atoms with Crippen molar-refractivity contribution in [2.45, 2.75) is 19.9 Å². The lowest BCUT2D eigenvalue weighted by Crippen LogP contribution is -2.24.